The molecule has 0 atom stereocenters. The second-order valence-electron chi connectivity index (χ2n) is 2.52. The zero-order chi connectivity index (χ0) is 10.7. The summed E-state index contributed by atoms with van der Waals surface area (Å²) in [6.07, 6.45) is 0. The monoisotopic (exact) mass is 203 g/mol. The number of pyridine rings is 1. The van der Waals surface area contributed by atoms with Gasteiger partial charge in [-0.3, -0.25) is 0 Å². The predicted octanol–water partition coefficient (Wildman–Crippen LogP) is 1.69. The number of carbonyl (C=O) groups is 1. The van der Waals surface area contributed by atoms with E-state index in [1.807, 2.05) is 0 Å². The number of rotatable bonds is 3. The van der Waals surface area contributed by atoms with Crippen molar-refractivity contribution in [1.29, 1.82) is 0 Å². The van der Waals surface area contributed by atoms with Crippen molar-refractivity contribution in [3.8, 4) is 5.88 Å². The number of nitrogens with zero attached hydrogens (tertiary/aromatic N) is 1. The number of carboxylic acid groups (broad SMARTS) is 1. The number of aromatic nitrogens is 1. The molecule has 6 heteroatoms. The van der Waals surface area contributed by atoms with Gasteiger partial charge in [0.2, 0.25) is 5.88 Å². The third-order valence-corrected chi connectivity index (χ3v) is 1.39. The van der Waals surface area contributed by atoms with Crippen LogP contribution in [0, 0.1) is 6.92 Å². The summed E-state index contributed by atoms with van der Waals surface area (Å²) in [5.41, 5.74) is 0.175. The van der Waals surface area contributed by atoms with Crippen molar-refractivity contribution in [1.82, 2.24) is 4.98 Å². The number of carboxylic acids is 1. The Morgan fingerprint density at radius 2 is 2.21 bits per heavy atom. The van der Waals surface area contributed by atoms with Crippen LogP contribution in [0.15, 0.2) is 12.1 Å². The maximum Gasteiger partial charge on any atom is 0.388 e. The van der Waals surface area contributed by atoms with Gasteiger partial charge in [-0.25, -0.2) is 9.78 Å². The summed E-state index contributed by atoms with van der Waals surface area (Å²) in [6, 6.07) is 2.21. The fourth-order valence-electron chi connectivity index (χ4n) is 0.913. The molecule has 0 aliphatic carbocycles. The quantitative estimate of drug-likeness (QED) is 0.811. The minimum absolute atomic E-state index is 0.131. The van der Waals surface area contributed by atoms with E-state index in [9.17, 15) is 13.6 Å². The van der Waals surface area contributed by atoms with Gasteiger partial charge in [-0.05, 0) is 13.0 Å². The number of hydrogen-bond acceptors (Lipinski definition) is 3. The third-order valence-electron chi connectivity index (χ3n) is 1.39. The Bertz CT molecular complexity index is 354. The van der Waals surface area contributed by atoms with Crippen LogP contribution in [0.4, 0.5) is 8.78 Å². The van der Waals surface area contributed by atoms with Crippen molar-refractivity contribution in [2.24, 2.45) is 0 Å². The van der Waals surface area contributed by atoms with E-state index in [0.29, 0.717) is 5.69 Å². The second kappa shape index (κ2) is 3.99. The van der Waals surface area contributed by atoms with Gasteiger partial charge in [-0.15, -0.1) is 0 Å². The van der Waals surface area contributed by atoms with Gasteiger partial charge in [-0.1, -0.05) is 0 Å². The fourth-order valence-corrected chi connectivity index (χ4v) is 0.913. The number of halogens is 2. The van der Waals surface area contributed by atoms with Gasteiger partial charge in [0, 0.05) is 11.8 Å². The predicted molar refractivity (Wildman–Crippen MR) is 42.6 cm³/mol. The highest BCUT2D eigenvalue weighted by atomic mass is 19.3. The lowest BCUT2D eigenvalue weighted by Gasteiger charge is -2.04. The molecule has 1 rings (SSSR count). The highest BCUT2D eigenvalue weighted by Gasteiger charge is 2.10. The third kappa shape index (κ3) is 2.65. The lowest BCUT2D eigenvalue weighted by atomic mass is 10.2. The summed E-state index contributed by atoms with van der Waals surface area (Å²) >= 11 is 0. The zero-order valence-corrected chi connectivity index (χ0v) is 7.20. The van der Waals surface area contributed by atoms with E-state index in [-0.39, 0.29) is 5.56 Å². The molecule has 1 aromatic heterocycles. The molecule has 76 valence electrons. The van der Waals surface area contributed by atoms with E-state index < -0.39 is 18.5 Å². The minimum Gasteiger partial charge on any atom is -0.478 e. The molecular weight excluding hydrogens is 196 g/mol. The maximum absolute atomic E-state index is 11.8. The number of hydrogen-bond donors (Lipinski definition) is 1. The van der Waals surface area contributed by atoms with Crippen LogP contribution in [0.5, 0.6) is 5.88 Å². The Morgan fingerprint density at radius 1 is 1.57 bits per heavy atom. The fraction of sp³-hybridized carbons (Fsp3) is 0.250. The Morgan fingerprint density at radius 3 is 2.71 bits per heavy atom. The molecule has 14 heavy (non-hydrogen) atoms. The smallest absolute Gasteiger partial charge is 0.388 e. The van der Waals surface area contributed by atoms with E-state index in [4.69, 9.17) is 5.11 Å². The first-order valence-electron chi connectivity index (χ1n) is 3.66. The second-order valence-corrected chi connectivity index (χ2v) is 2.52. The molecule has 1 aromatic rings. The first-order chi connectivity index (χ1) is 6.49. The van der Waals surface area contributed by atoms with E-state index in [1.54, 1.807) is 0 Å². The van der Waals surface area contributed by atoms with Crippen LogP contribution in [0.25, 0.3) is 0 Å². The van der Waals surface area contributed by atoms with Gasteiger partial charge in [0.25, 0.3) is 0 Å². The molecule has 0 amide bonds. The van der Waals surface area contributed by atoms with Gasteiger partial charge in [-0.2, -0.15) is 8.78 Å². The van der Waals surface area contributed by atoms with Crippen molar-refractivity contribution in [2.45, 2.75) is 13.5 Å². The van der Waals surface area contributed by atoms with Crippen LogP contribution in [0.2, 0.25) is 0 Å². The Labute approximate surface area is 78.1 Å². The molecule has 0 aliphatic heterocycles. The van der Waals surface area contributed by atoms with Gasteiger partial charge >= 0.3 is 12.6 Å². The molecule has 0 unspecified atom stereocenters. The van der Waals surface area contributed by atoms with Crippen molar-refractivity contribution in [2.75, 3.05) is 0 Å². The summed E-state index contributed by atoms with van der Waals surface area (Å²) in [5, 5.41) is 8.60. The van der Waals surface area contributed by atoms with Crippen molar-refractivity contribution in [3.05, 3.63) is 23.4 Å². The van der Waals surface area contributed by atoms with E-state index >= 15 is 0 Å². The molecule has 0 spiro atoms. The molecule has 0 saturated carbocycles. The van der Waals surface area contributed by atoms with Crippen LogP contribution < -0.4 is 4.74 Å². The highest BCUT2D eigenvalue weighted by Crippen LogP contribution is 2.14. The van der Waals surface area contributed by atoms with Crippen LogP contribution in [0.1, 0.15) is 16.1 Å². The summed E-state index contributed by atoms with van der Waals surface area (Å²) in [7, 11) is 0. The lowest BCUT2D eigenvalue weighted by Crippen LogP contribution is -2.06. The summed E-state index contributed by atoms with van der Waals surface area (Å²) in [6.45, 7) is -1.52. The molecule has 0 saturated heterocycles. The topological polar surface area (TPSA) is 59.4 Å². The van der Waals surface area contributed by atoms with Gasteiger partial charge in [0.15, 0.2) is 0 Å². The summed E-state index contributed by atoms with van der Waals surface area (Å²) in [5.74, 6) is -1.60. The van der Waals surface area contributed by atoms with Gasteiger partial charge in [0.1, 0.15) is 0 Å². The minimum atomic E-state index is -3.01. The largest absolute Gasteiger partial charge is 0.478 e. The van der Waals surface area contributed by atoms with Crippen molar-refractivity contribution < 1.29 is 23.4 Å². The maximum atomic E-state index is 11.8. The number of alkyl halides is 2. The number of aromatic carboxylic acids is 1. The molecule has 0 bridgehead atoms. The summed E-state index contributed by atoms with van der Waals surface area (Å²) < 4.78 is 27.5. The van der Waals surface area contributed by atoms with Crippen LogP contribution in [-0.2, 0) is 0 Å². The molecule has 0 fully saturated rings. The molecule has 0 radical (unpaired) electrons. The first kappa shape index (κ1) is 10.4. The van der Waals surface area contributed by atoms with Crippen molar-refractivity contribution in [3.63, 3.8) is 0 Å². The van der Waals surface area contributed by atoms with Gasteiger partial charge in [0.05, 0.1) is 5.56 Å². The lowest BCUT2D eigenvalue weighted by molar-refractivity contribution is -0.0529. The average Bonchev–Trinajstić information content (AvgIpc) is 2.01. The summed E-state index contributed by atoms with van der Waals surface area (Å²) in [4.78, 5) is 14.1. The SMILES string of the molecule is Cc1cc(C(=O)O)cc(OC(F)F)n1. The van der Waals surface area contributed by atoms with Crippen LogP contribution in [0.3, 0.4) is 0 Å². The highest BCUT2D eigenvalue weighted by molar-refractivity contribution is 5.87. The first-order valence-corrected chi connectivity index (χ1v) is 3.66. The van der Waals surface area contributed by atoms with E-state index in [1.165, 1.54) is 13.0 Å². The van der Waals surface area contributed by atoms with Crippen molar-refractivity contribution >= 4 is 5.97 Å². The van der Waals surface area contributed by atoms with E-state index in [2.05, 4.69) is 9.72 Å². The van der Waals surface area contributed by atoms with Crippen LogP contribution in [-0.4, -0.2) is 22.7 Å². The average molecular weight is 203 g/mol. The Balaban J connectivity index is 3.01. The Hall–Kier alpha value is -1.72. The normalized spacial score (nSPS) is 10.3. The van der Waals surface area contributed by atoms with Gasteiger partial charge < -0.3 is 9.84 Å². The van der Waals surface area contributed by atoms with E-state index in [0.717, 1.165) is 6.07 Å². The molecule has 0 aliphatic rings. The molecule has 0 aromatic carbocycles. The number of aryl methyl sites for hydroxylation is 1. The molecule has 1 heterocycles. The zero-order valence-electron chi connectivity index (χ0n) is 7.20. The molecule has 1 N–H and O–H groups in total. The standard InChI is InChI=1S/C8H7F2NO3/c1-4-2-5(7(12)13)3-6(11-4)14-8(9)10/h2-3,8H,1H3,(H,12,13). The molecular formula is C8H7F2NO3. The molecule has 4 nitrogen and oxygen atoms in total. The number of ether oxygens (including phenoxy) is 1. The van der Waals surface area contributed by atoms with Crippen LogP contribution >= 0.6 is 0 Å². The Kier molecular flexibility index (Phi) is 2.95.